The monoisotopic (exact) mass is 384 g/mol. The Balaban J connectivity index is 1.58. The van der Waals surface area contributed by atoms with Crippen molar-refractivity contribution in [3.63, 3.8) is 0 Å². The van der Waals surface area contributed by atoms with Crippen LogP contribution in [0.4, 0.5) is 0 Å². The Bertz CT molecular complexity index is 635. The normalized spacial score (nSPS) is 22.7. The maximum Gasteiger partial charge on any atom is 0.342 e. The molecule has 0 heterocycles. The summed E-state index contributed by atoms with van der Waals surface area (Å²) in [5.74, 6) is 1.20. The van der Waals surface area contributed by atoms with Crippen LogP contribution in [-0.2, 0) is 4.74 Å². The maximum atomic E-state index is 13.1. The number of hydrogen-bond acceptors (Lipinski definition) is 3. The summed E-state index contributed by atoms with van der Waals surface area (Å²) in [5, 5.41) is 0. The van der Waals surface area contributed by atoms with Gasteiger partial charge in [-0.05, 0) is 81.8 Å². The highest BCUT2D eigenvalue weighted by Gasteiger charge is 2.28. The summed E-state index contributed by atoms with van der Waals surface area (Å²) in [6.45, 7) is 0. The van der Waals surface area contributed by atoms with E-state index < -0.39 is 0 Å². The predicted molar refractivity (Wildman–Crippen MR) is 112 cm³/mol. The SMILES string of the molecule is O=C(OC1CCCCC1)c1cccc(C2CCCCC2)c1OC1CCCCC1. The van der Waals surface area contributed by atoms with Gasteiger partial charge in [0.2, 0.25) is 0 Å². The van der Waals surface area contributed by atoms with Gasteiger partial charge in [0.05, 0.1) is 6.10 Å². The van der Waals surface area contributed by atoms with E-state index in [4.69, 9.17) is 9.47 Å². The van der Waals surface area contributed by atoms with Gasteiger partial charge in [0.15, 0.2) is 0 Å². The summed E-state index contributed by atoms with van der Waals surface area (Å²) in [6.07, 6.45) is 18.3. The van der Waals surface area contributed by atoms with Crippen LogP contribution in [0.5, 0.6) is 5.75 Å². The van der Waals surface area contributed by atoms with Crippen molar-refractivity contribution in [2.24, 2.45) is 0 Å². The van der Waals surface area contributed by atoms with Crippen molar-refractivity contribution in [3.8, 4) is 5.75 Å². The van der Waals surface area contributed by atoms with Gasteiger partial charge in [-0.25, -0.2) is 4.79 Å². The fourth-order valence-corrected chi connectivity index (χ4v) is 5.33. The van der Waals surface area contributed by atoms with E-state index in [1.54, 1.807) is 0 Å². The lowest BCUT2D eigenvalue weighted by Crippen LogP contribution is -2.25. The lowest BCUT2D eigenvalue weighted by atomic mass is 9.83. The number of esters is 1. The topological polar surface area (TPSA) is 35.5 Å². The smallest absolute Gasteiger partial charge is 0.342 e. The third-order valence-corrected chi connectivity index (χ3v) is 6.97. The molecule has 3 nitrogen and oxygen atoms in total. The van der Waals surface area contributed by atoms with Crippen LogP contribution in [0.2, 0.25) is 0 Å². The molecular formula is C25H36O3. The van der Waals surface area contributed by atoms with Crippen LogP contribution < -0.4 is 4.74 Å². The number of carbonyl (C=O) groups excluding carboxylic acids is 1. The molecule has 0 radical (unpaired) electrons. The second-order valence-corrected chi connectivity index (χ2v) is 9.10. The molecule has 3 aliphatic carbocycles. The van der Waals surface area contributed by atoms with Crippen molar-refractivity contribution in [1.29, 1.82) is 0 Å². The molecular weight excluding hydrogens is 348 g/mol. The first-order valence-corrected chi connectivity index (χ1v) is 11.8. The zero-order valence-electron chi connectivity index (χ0n) is 17.3. The van der Waals surface area contributed by atoms with Gasteiger partial charge in [-0.1, -0.05) is 44.2 Å². The van der Waals surface area contributed by atoms with Gasteiger partial charge in [-0.3, -0.25) is 0 Å². The number of ether oxygens (including phenoxy) is 2. The summed E-state index contributed by atoms with van der Waals surface area (Å²) in [7, 11) is 0. The third kappa shape index (κ3) is 4.90. The molecule has 1 aromatic rings. The van der Waals surface area contributed by atoms with Crippen molar-refractivity contribution >= 4 is 5.97 Å². The fourth-order valence-electron chi connectivity index (χ4n) is 5.33. The number of rotatable bonds is 5. The van der Waals surface area contributed by atoms with Gasteiger partial charge in [0, 0.05) is 0 Å². The van der Waals surface area contributed by atoms with Crippen LogP contribution in [-0.4, -0.2) is 18.2 Å². The van der Waals surface area contributed by atoms with Gasteiger partial charge in [0.25, 0.3) is 0 Å². The Morgan fingerprint density at radius 2 is 1.29 bits per heavy atom. The van der Waals surface area contributed by atoms with Crippen molar-refractivity contribution in [3.05, 3.63) is 29.3 Å². The number of para-hydroxylation sites is 1. The zero-order chi connectivity index (χ0) is 19.2. The van der Waals surface area contributed by atoms with Gasteiger partial charge < -0.3 is 9.47 Å². The number of benzene rings is 1. The van der Waals surface area contributed by atoms with Gasteiger partial charge >= 0.3 is 5.97 Å². The summed E-state index contributed by atoms with van der Waals surface area (Å²) < 4.78 is 12.5. The van der Waals surface area contributed by atoms with E-state index in [0.717, 1.165) is 31.4 Å². The molecule has 0 N–H and O–H groups in total. The molecule has 0 amide bonds. The first-order chi connectivity index (χ1) is 13.8. The highest BCUT2D eigenvalue weighted by Crippen LogP contribution is 2.41. The number of hydrogen-bond donors (Lipinski definition) is 0. The van der Waals surface area contributed by atoms with Crippen LogP contribution in [0.3, 0.4) is 0 Å². The largest absolute Gasteiger partial charge is 0.489 e. The first kappa shape index (κ1) is 19.8. The number of carbonyl (C=O) groups is 1. The zero-order valence-corrected chi connectivity index (χ0v) is 17.3. The summed E-state index contributed by atoms with van der Waals surface area (Å²) in [6, 6.07) is 6.16. The molecule has 1 aromatic carbocycles. The molecule has 0 spiro atoms. The predicted octanol–water partition coefficient (Wildman–Crippen LogP) is 6.94. The van der Waals surface area contributed by atoms with E-state index in [1.165, 1.54) is 76.2 Å². The van der Waals surface area contributed by atoms with Gasteiger partial charge in [-0.15, -0.1) is 0 Å². The summed E-state index contributed by atoms with van der Waals surface area (Å²) in [4.78, 5) is 13.1. The van der Waals surface area contributed by atoms with E-state index in [2.05, 4.69) is 6.07 Å². The van der Waals surface area contributed by atoms with Gasteiger partial charge in [0.1, 0.15) is 17.4 Å². The Kier molecular flexibility index (Phi) is 6.93. The average Bonchev–Trinajstić information content (AvgIpc) is 2.76. The third-order valence-electron chi connectivity index (χ3n) is 6.97. The molecule has 3 heteroatoms. The Morgan fingerprint density at radius 3 is 1.93 bits per heavy atom. The fraction of sp³-hybridized carbons (Fsp3) is 0.720. The van der Waals surface area contributed by atoms with E-state index >= 15 is 0 Å². The average molecular weight is 385 g/mol. The molecule has 3 saturated carbocycles. The van der Waals surface area contributed by atoms with E-state index in [1.807, 2.05) is 12.1 Å². The van der Waals surface area contributed by atoms with E-state index in [0.29, 0.717) is 11.5 Å². The van der Waals surface area contributed by atoms with Crippen molar-refractivity contribution in [1.82, 2.24) is 0 Å². The molecule has 0 saturated heterocycles. The van der Waals surface area contributed by atoms with E-state index in [-0.39, 0.29) is 18.2 Å². The lowest BCUT2D eigenvalue weighted by Gasteiger charge is -2.30. The maximum absolute atomic E-state index is 13.1. The second kappa shape index (κ2) is 9.80. The molecule has 0 bridgehead atoms. The lowest BCUT2D eigenvalue weighted by molar-refractivity contribution is 0.0203. The van der Waals surface area contributed by atoms with Crippen LogP contribution in [0.15, 0.2) is 18.2 Å². The standard InChI is InChI=1S/C25H36O3/c26-25(28-21-15-8-3-9-16-21)23-18-10-17-22(19-11-4-1-5-12-19)24(23)27-20-13-6-2-7-14-20/h10,17-21H,1-9,11-16H2. The highest BCUT2D eigenvalue weighted by atomic mass is 16.5. The first-order valence-electron chi connectivity index (χ1n) is 11.8. The highest BCUT2D eigenvalue weighted by molar-refractivity contribution is 5.93. The molecule has 28 heavy (non-hydrogen) atoms. The molecule has 3 aliphatic rings. The minimum atomic E-state index is -0.171. The Labute approximate surface area is 170 Å². The summed E-state index contributed by atoms with van der Waals surface area (Å²) >= 11 is 0. The van der Waals surface area contributed by atoms with E-state index in [9.17, 15) is 4.79 Å². The van der Waals surface area contributed by atoms with Crippen LogP contribution in [0.25, 0.3) is 0 Å². The molecule has 0 aliphatic heterocycles. The minimum absolute atomic E-state index is 0.0853. The second-order valence-electron chi connectivity index (χ2n) is 9.10. The summed E-state index contributed by atoms with van der Waals surface area (Å²) in [5.41, 5.74) is 1.92. The molecule has 0 unspecified atom stereocenters. The van der Waals surface area contributed by atoms with Gasteiger partial charge in [-0.2, -0.15) is 0 Å². The molecule has 3 fully saturated rings. The van der Waals surface area contributed by atoms with Crippen LogP contribution in [0.1, 0.15) is 118 Å². The van der Waals surface area contributed by atoms with Crippen LogP contribution >= 0.6 is 0 Å². The Hall–Kier alpha value is -1.51. The molecule has 154 valence electrons. The quantitative estimate of drug-likeness (QED) is 0.516. The van der Waals surface area contributed by atoms with Crippen molar-refractivity contribution < 1.29 is 14.3 Å². The molecule has 0 aromatic heterocycles. The minimum Gasteiger partial charge on any atom is -0.489 e. The van der Waals surface area contributed by atoms with Crippen molar-refractivity contribution in [2.75, 3.05) is 0 Å². The van der Waals surface area contributed by atoms with Crippen LogP contribution in [0, 0.1) is 0 Å². The van der Waals surface area contributed by atoms with Crippen molar-refractivity contribution in [2.45, 2.75) is 114 Å². The molecule has 4 rings (SSSR count). The Morgan fingerprint density at radius 1 is 0.714 bits per heavy atom. The molecule has 0 atom stereocenters.